The lowest BCUT2D eigenvalue weighted by Gasteiger charge is -2.33. The molecule has 0 fully saturated rings. The molecule has 9 nitrogen and oxygen atoms in total. The molecule has 3 aromatic rings. The fraction of sp³-hybridized carbons (Fsp3) is 0.333. The third-order valence-electron chi connectivity index (χ3n) is 6.39. The van der Waals surface area contributed by atoms with Gasteiger partial charge in [-0.05, 0) is 63.6 Å². The average Bonchev–Trinajstić information content (AvgIpc) is 2.94. The van der Waals surface area contributed by atoms with Crippen molar-refractivity contribution in [1.29, 1.82) is 0 Å². The van der Waals surface area contributed by atoms with Crippen LogP contribution in [0.1, 0.15) is 33.3 Å². The Morgan fingerprint density at radius 2 is 1.59 bits per heavy atom. The molecule has 0 bridgehead atoms. The molecule has 41 heavy (non-hydrogen) atoms. The first kappa shape index (κ1) is 30.2. The predicted octanol–water partition coefficient (Wildman–Crippen LogP) is 4.64. The molecule has 1 N–H and O–H groups in total. The molecule has 0 aromatic heterocycles. The first-order chi connectivity index (χ1) is 19.4. The molecule has 1 heterocycles. The highest BCUT2D eigenvalue weighted by Crippen LogP contribution is 2.36. The average molecular weight is 600 g/mol. The summed E-state index contributed by atoms with van der Waals surface area (Å²) in [6.45, 7) is 7.24. The Hall–Kier alpha value is -3.76. The van der Waals surface area contributed by atoms with Gasteiger partial charge in [-0.15, -0.1) is 0 Å². The number of rotatable bonds is 9. The number of carbonyl (C=O) groups excluding carboxylic acids is 2. The number of anilines is 1. The van der Waals surface area contributed by atoms with E-state index in [9.17, 15) is 18.0 Å². The van der Waals surface area contributed by atoms with Crippen molar-refractivity contribution in [1.82, 2.24) is 10.2 Å². The summed E-state index contributed by atoms with van der Waals surface area (Å²) in [5.74, 6) is -0.109. The molecule has 0 saturated heterocycles. The van der Waals surface area contributed by atoms with E-state index >= 15 is 0 Å². The van der Waals surface area contributed by atoms with Gasteiger partial charge in [0.25, 0.3) is 10.0 Å². The minimum Gasteiger partial charge on any atom is -0.486 e. The van der Waals surface area contributed by atoms with Crippen LogP contribution in [-0.4, -0.2) is 56.5 Å². The number of amides is 2. The molecule has 0 spiro atoms. The number of fused-ring (bicyclic) bond motifs is 1. The Labute approximate surface area is 246 Å². The summed E-state index contributed by atoms with van der Waals surface area (Å²) in [5, 5.41) is 3.33. The maximum Gasteiger partial charge on any atom is 0.264 e. The van der Waals surface area contributed by atoms with Gasteiger partial charge in [0.1, 0.15) is 25.8 Å². The van der Waals surface area contributed by atoms with E-state index in [2.05, 4.69) is 5.32 Å². The Morgan fingerprint density at radius 3 is 2.24 bits per heavy atom. The molecule has 3 aromatic carbocycles. The van der Waals surface area contributed by atoms with Gasteiger partial charge in [-0.25, -0.2) is 8.42 Å². The molecule has 1 aliphatic heterocycles. The zero-order valence-electron chi connectivity index (χ0n) is 23.5. The molecule has 11 heteroatoms. The zero-order valence-corrected chi connectivity index (χ0v) is 25.0. The number of hydrogen-bond donors (Lipinski definition) is 1. The molecule has 0 saturated carbocycles. The summed E-state index contributed by atoms with van der Waals surface area (Å²) in [5.41, 5.74) is 0.295. The zero-order chi connectivity index (χ0) is 29.8. The highest BCUT2D eigenvalue weighted by molar-refractivity contribution is 7.92. The van der Waals surface area contributed by atoms with Gasteiger partial charge in [0.15, 0.2) is 11.5 Å². The minimum absolute atomic E-state index is 0.00238. The third kappa shape index (κ3) is 7.31. The molecule has 1 atom stereocenters. The van der Waals surface area contributed by atoms with E-state index < -0.39 is 34.1 Å². The summed E-state index contributed by atoms with van der Waals surface area (Å²) in [6, 6.07) is 18.6. The van der Waals surface area contributed by atoms with Crippen LogP contribution in [0.5, 0.6) is 11.5 Å². The van der Waals surface area contributed by atoms with Gasteiger partial charge in [-0.2, -0.15) is 0 Å². The van der Waals surface area contributed by atoms with Crippen LogP contribution in [0.4, 0.5) is 5.69 Å². The maximum absolute atomic E-state index is 14.1. The van der Waals surface area contributed by atoms with Gasteiger partial charge in [0.2, 0.25) is 11.8 Å². The second kappa shape index (κ2) is 12.4. The molecule has 2 amide bonds. The predicted molar refractivity (Wildman–Crippen MR) is 158 cm³/mol. The summed E-state index contributed by atoms with van der Waals surface area (Å²) < 4.78 is 40.2. The van der Waals surface area contributed by atoms with Crippen LogP contribution in [0.25, 0.3) is 0 Å². The van der Waals surface area contributed by atoms with E-state index in [4.69, 9.17) is 21.1 Å². The minimum atomic E-state index is -4.20. The lowest BCUT2D eigenvalue weighted by molar-refractivity contribution is -0.140. The summed E-state index contributed by atoms with van der Waals surface area (Å²) in [7, 11) is -4.20. The van der Waals surface area contributed by atoms with Gasteiger partial charge in [-0.3, -0.25) is 13.9 Å². The highest BCUT2D eigenvalue weighted by atomic mass is 35.5. The lowest BCUT2D eigenvalue weighted by Crippen LogP contribution is -2.54. The van der Waals surface area contributed by atoms with Crippen LogP contribution in [0.2, 0.25) is 5.02 Å². The van der Waals surface area contributed by atoms with Crippen molar-refractivity contribution in [2.24, 2.45) is 0 Å². The number of ether oxygens (including phenoxy) is 2. The number of halogens is 1. The quantitative estimate of drug-likeness (QED) is 0.384. The van der Waals surface area contributed by atoms with Gasteiger partial charge < -0.3 is 19.7 Å². The largest absolute Gasteiger partial charge is 0.486 e. The van der Waals surface area contributed by atoms with Crippen molar-refractivity contribution in [3.8, 4) is 11.5 Å². The monoisotopic (exact) mass is 599 g/mol. The van der Waals surface area contributed by atoms with Crippen LogP contribution < -0.4 is 19.1 Å². The summed E-state index contributed by atoms with van der Waals surface area (Å²) in [4.78, 5) is 28.6. The standard InChI is InChI=1S/C30H34ClN3O6S/c1-21(29(36)32-30(2,3)4)33(19-22-10-8-9-13-25(22)31)28(35)20-34(41(37,38)24-11-6-5-7-12-24)23-14-15-26-27(18-23)40-17-16-39-26/h5-15,18,21H,16-17,19-20H2,1-4H3,(H,32,36)/t21-/m1/s1. The van der Waals surface area contributed by atoms with E-state index in [1.54, 1.807) is 61.5 Å². The van der Waals surface area contributed by atoms with Crippen LogP contribution in [-0.2, 0) is 26.2 Å². The fourth-order valence-corrected chi connectivity index (χ4v) is 5.92. The number of nitrogens with one attached hydrogen (secondary N) is 1. The molecule has 1 aliphatic rings. The van der Waals surface area contributed by atoms with Crippen molar-refractivity contribution < 1.29 is 27.5 Å². The van der Waals surface area contributed by atoms with E-state index in [1.807, 2.05) is 20.8 Å². The smallest absolute Gasteiger partial charge is 0.264 e. The topological polar surface area (TPSA) is 105 Å². The Morgan fingerprint density at radius 1 is 0.951 bits per heavy atom. The number of sulfonamides is 1. The van der Waals surface area contributed by atoms with E-state index in [-0.39, 0.29) is 23.0 Å². The van der Waals surface area contributed by atoms with Crippen LogP contribution >= 0.6 is 11.6 Å². The first-order valence-corrected chi connectivity index (χ1v) is 15.0. The maximum atomic E-state index is 14.1. The Bertz CT molecular complexity index is 1510. The molecular formula is C30H34ClN3O6S. The Balaban J connectivity index is 1.74. The van der Waals surface area contributed by atoms with E-state index in [0.717, 1.165) is 4.31 Å². The molecule has 4 rings (SSSR count). The van der Waals surface area contributed by atoms with Crippen molar-refractivity contribution in [2.45, 2.75) is 50.7 Å². The first-order valence-electron chi connectivity index (χ1n) is 13.2. The van der Waals surface area contributed by atoms with Gasteiger partial charge in [0, 0.05) is 23.2 Å². The normalized spacial score (nSPS) is 13.7. The third-order valence-corrected chi connectivity index (χ3v) is 8.54. The van der Waals surface area contributed by atoms with E-state index in [0.29, 0.717) is 35.3 Å². The molecule has 218 valence electrons. The van der Waals surface area contributed by atoms with Crippen LogP contribution in [0.15, 0.2) is 77.7 Å². The number of hydrogen-bond acceptors (Lipinski definition) is 6. The van der Waals surface area contributed by atoms with Crippen molar-refractivity contribution in [3.63, 3.8) is 0 Å². The molecule has 0 aliphatic carbocycles. The number of carbonyl (C=O) groups is 2. The molecule has 0 unspecified atom stereocenters. The van der Waals surface area contributed by atoms with Crippen molar-refractivity contribution in [2.75, 3.05) is 24.1 Å². The number of benzene rings is 3. The second-order valence-corrected chi connectivity index (χ2v) is 13.0. The highest BCUT2D eigenvalue weighted by Gasteiger charge is 2.34. The van der Waals surface area contributed by atoms with Gasteiger partial charge >= 0.3 is 0 Å². The number of nitrogens with zero attached hydrogens (tertiary/aromatic N) is 2. The van der Waals surface area contributed by atoms with Crippen molar-refractivity contribution >= 4 is 39.1 Å². The van der Waals surface area contributed by atoms with Crippen molar-refractivity contribution in [3.05, 3.63) is 83.4 Å². The van der Waals surface area contributed by atoms with Crippen LogP contribution in [0, 0.1) is 0 Å². The summed E-state index contributed by atoms with van der Waals surface area (Å²) in [6.07, 6.45) is 0. The van der Waals surface area contributed by atoms with Crippen LogP contribution in [0.3, 0.4) is 0 Å². The fourth-order valence-electron chi connectivity index (χ4n) is 4.30. The Kier molecular flexibility index (Phi) is 9.14. The van der Waals surface area contributed by atoms with Gasteiger partial charge in [0.05, 0.1) is 10.6 Å². The second-order valence-electron chi connectivity index (χ2n) is 10.7. The van der Waals surface area contributed by atoms with E-state index in [1.165, 1.54) is 23.1 Å². The SMILES string of the molecule is C[C@H](C(=O)NC(C)(C)C)N(Cc1ccccc1Cl)C(=O)CN(c1ccc2c(c1)OCCO2)S(=O)(=O)c1ccccc1. The molecular weight excluding hydrogens is 566 g/mol. The summed E-state index contributed by atoms with van der Waals surface area (Å²) >= 11 is 6.41. The van der Waals surface area contributed by atoms with Gasteiger partial charge in [-0.1, -0.05) is 48.0 Å². The lowest BCUT2D eigenvalue weighted by atomic mass is 10.1. The molecule has 0 radical (unpaired) electrons.